The van der Waals surface area contributed by atoms with E-state index in [1.54, 1.807) is 24.3 Å². The first-order chi connectivity index (χ1) is 12.6. The van der Waals surface area contributed by atoms with Gasteiger partial charge in [-0.2, -0.15) is 0 Å². The number of anilines is 1. The van der Waals surface area contributed by atoms with Crippen molar-refractivity contribution in [3.05, 3.63) is 46.5 Å². The molecule has 6 rings (SSSR count). The number of non-ortho nitro benzene ring substituents is 1. The smallest absolute Gasteiger partial charge is 0.277 e. The Morgan fingerprint density at radius 3 is 2.04 bits per heavy atom. The Bertz CT molecular complexity index is 1000. The summed E-state index contributed by atoms with van der Waals surface area (Å²) in [6.45, 7) is 0. The standard InChI is InChI=1S/C18H12N2O6/c21-17-11-12(14-16-15(26-16)13(11)25-14)18(22)19(17)9-5-6-10(20(23)24)8-4-2-1-3-7(8)9/h1-6,11-16H/t11-,12+,13?,14?,15-,16+. The van der Waals surface area contributed by atoms with Crippen molar-refractivity contribution in [2.45, 2.75) is 24.4 Å². The summed E-state index contributed by atoms with van der Waals surface area (Å²) in [7, 11) is 0. The van der Waals surface area contributed by atoms with Crippen LogP contribution in [0.1, 0.15) is 0 Å². The van der Waals surface area contributed by atoms with E-state index >= 15 is 0 Å². The Morgan fingerprint density at radius 1 is 0.846 bits per heavy atom. The van der Waals surface area contributed by atoms with Gasteiger partial charge in [-0.25, -0.2) is 4.90 Å². The van der Waals surface area contributed by atoms with Crippen molar-refractivity contribution in [1.82, 2.24) is 0 Å². The van der Waals surface area contributed by atoms with Gasteiger partial charge in [-0.05, 0) is 12.1 Å². The van der Waals surface area contributed by atoms with Crippen molar-refractivity contribution in [3.8, 4) is 0 Å². The van der Waals surface area contributed by atoms with E-state index in [1.807, 2.05) is 0 Å². The van der Waals surface area contributed by atoms with Gasteiger partial charge in [-0.15, -0.1) is 0 Å². The highest BCUT2D eigenvalue weighted by atomic mass is 16.7. The highest BCUT2D eigenvalue weighted by molar-refractivity contribution is 6.26. The fourth-order valence-corrected chi connectivity index (χ4v) is 4.84. The minimum absolute atomic E-state index is 0.0540. The maximum Gasteiger partial charge on any atom is 0.277 e. The molecule has 26 heavy (non-hydrogen) atoms. The lowest BCUT2D eigenvalue weighted by Gasteiger charge is -2.20. The largest absolute Gasteiger partial charge is 0.368 e. The van der Waals surface area contributed by atoms with Gasteiger partial charge < -0.3 is 9.47 Å². The van der Waals surface area contributed by atoms with Crippen LogP contribution in [0.3, 0.4) is 0 Å². The summed E-state index contributed by atoms with van der Waals surface area (Å²) in [5.41, 5.74) is 0.339. The third-order valence-electron chi connectivity index (χ3n) is 5.94. The van der Waals surface area contributed by atoms with E-state index in [9.17, 15) is 19.7 Å². The molecule has 0 N–H and O–H groups in total. The molecule has 0 aromatic heterocycles. The average molecular weight is 352 g/mol. The third kappa shape index (κ3) is 1.52. The number of imide groups is 1. The molecule has 0 radical (unpaired) electrons. The monoisotopic (exact) mass is 352 g/mol. The molecule has 2 amide bonds. The zero-order valence-electron chi connectivity index (χ0n) is 13.3. The zero-order chi connectivity index (χ0) is 17.7. The Labute approximate surface area is 146 Å². The highest BCUT2D eigenvalue weighted by Crippen LogP contribution is 2.57. The molecular formula is C18H12N2O6. The van der Waals surface area contributed by atoms with Gasteiger partial charge in [0.2, 0.25) is 11.8 Å². The Hall–Kier alpha value is -2.84. The molecule has 130 valence electrons. The van der Waals surface area contributed by atoms with Crippen LogP contribution in [0.4, 0.5) is 11.4 Å². The Kier molecular flexibility index (Phi) is 2.46. The predicted octanol–water partition coefficient (Wildman–Crippen LogP) is 1.40. The normalized spacial score (nSPS) is 36.5. The van der Waals surface area contributed by atoms with Crippen LogP contribution in [0.25, 0.3) is 10.8 Å². The minimum Gasteiger partial charge on any atom is -0.368 e. The summed E-state index contributed by atoms with van der Waals surface area (Å²) in [5.74, 6) is -1.66. The molecular weight excluding hydrogens is 340 g/mol. The molecule has 4 aliphatic heterocycles. The molecule has 0 aliphatic carbocycles. The molecule has 2 aromatic rings. The highest BCUT2D eigenvalue weighted by Gasteiger charge is 2.75. The quantitative estimate of drug-likeness (QED) is 0.350. The van der Waals surface area contributed by atoms with Crippen molar-refractivity contribution in [2.75, 3.05) is 4.90 Å². The zero-order valence-corrected chi connectivity index (χ0v) is 13.3. The number of fused-ring (bicyclic) bond motifs is 9. The first-order valence-corrected chi connectivity index (χ1v) is 8.43. The lowest BCUT2D eigenvalue weighted by molar-refractivity contribution is -0.383. The van der Waals surface area contributed by atoms with Crippen LogP contribution in [-0.4, -0.2) is 41.2 Å². The summed E-state index contributed by atoms with van der Waals surface area (Å²) in [6, 6.07) is 9.57. The SMILES string of the molecule is O=C1[C@@H]2C3OC([C@H]4O[C@@H]34)[C@@H]2C(=O)N1c1ccc([N+](=O)[O-])c2ccccc12. The molecule has 8 nitrogen and oxygen atoms in total. The number of nitro benzene ring substituents is 1. The number of carbonyl (C=O) groups excluding carboxylic acids is 2. The van der Waals surface area contributed by atoms with Crippen LogP contribution in [0.15, 0.2) is 36.4 Å². The fourth-order valence-electron chi connectivity index (χ4n) is 4.84. The number of nitro groups is 1. The third-order valence-corrected chi connectivity index (χ3v) is 5.94. The number of rotatable bonds is 2. The van der Waals surface area contributed by atoms with Crippen LogP contribution in [0, 0.1) is 22.0 Å². The molecule has 4 aliphatic rings. The summed E-state index contributed by atoms with van der Waals surface area (Å²) >= 11 is 0. The number of carbonyl (C=O) groups is 2. The lowest BCUT2D eigenvalue weighted by atomic mass is 9.81. The van der Waals surface area contributed by atoms with Crippen LogP contribution in [0.2, 0.25) is 0 Å². The van der Waals surface area contributed by atoms with Crippen LogP contribution >= 0.6 is 0 Å². The molecule has 0 saturated carbocycles. The van der Waals surface area contributed by atoms with Gasteiger partial charge >= 0.3 is 0 Å². The summed E-state index contributed by atoms with van der Waals surface area (Å²) in [5, 5.41) is 12.2. The Morgan fingerprint density at radius 2 is 1.42 bits per heavy atom. The fraction of sp³-hybridized carbons (Fsp3) is 0.333. The van der Waals surface area contributed by atoms with E-state index in [0.717, 1.165) is 0 Å². The summed E-state index contributed by atoms with van der Waals surface area (Å²) in [4.78, 5) is 38.1. The van der Waals surface area contributed by atoms with E-state index in [1.165, 1.54) is 17.0 Å². The van der Waals surface area contributed by atoms with Crippen molar-refractivity contribution < 1.29 is 24.0 Å². The first-order valence-electron chi connectivity index (χ1n) is 8.43. The van der Waals surface area contributed by atoms with E-state index in [2.05, 4.69) is 0 Å². The molecule has 6 atom stereocenters. The van der Waals surface area contributed by atoms with Crippen molar-refractivity contribution in [3.63, 3.8) is 0 Å². The number of hydrogen-bond donors (Lipinski definition) is 0. The molecule has 4 saturated heterocycles. The Balaban J connectivity index is 1.50. The molecule has 4 heterocycles. The second-order valence-corrected chi connectivity index (χ2v) is 7.10. The van der Waals surface area contributed by atoms with Crippen LogP contribution in [0.5, 0.6) is 0 Å². The van der Waals surface area contributed by atoms with Crippen molar-refractivity contribution in [2.24, 2.45) is 11.8 Å². The number of nitrogens with zero attached hydrogens (tertiary/aromatic N) is 2. The first kappa shape index (κ1) is 14.3. The van der Waals surface area contributed by atoms with Gasteiger partial charge in [0.15, 0.2) is 0 Å². The van der Waals surface area contributed by atoms with E-state index in [4.69, 9.17) is 9.47 Å². The maximum absolute atomic E-state index is 13.0. The number of hydrogen-bond acceptors (Lipinski definition) is 6. The summed E-state index contributed by atoms with van der Waals surface area (Å²) in [6.07, 6.45) is -0.875. The predicted molar refractivity (Wildman–Crippen MR) is 87.4 cm³/mol. The van der Waals surface area contributed by atoms with Crippen molar-refractivity contribution >= 4 is 34.0 Å². The van der Waals surface area contributed by atoms with Crippen LogP contribution in [-0.2, 0) is 19.1 Å². The van der Waals surface area contributed by atoms with Gasteiger partial charge in [-0.3, -0.25) is 19.7 Å². The topological polar surface area (TPSA) is 102 Å². The lowest BCUT2D eigenvalue weighted by Crippen LogP contribution is -2.35. The average Bonchev–Trinajstić information content (AvgIpc) is 3.15. The number of ether oxygens (including phenoxy) is 2. The second-order valence-electron chi connectivity index (χ2n) is 7.10. The van der Waals surface area contributed by atoms with Gasteiger partial charge in [-0.1, -0.05) is 18.2 Å². The van der Waals surface area contributed by atoms with Gasteiger partial charge in [0.1, 0.15) is 12.2 Å². The van der Waals surface area contributed by atoms with Gasteiger partial charge in [0, 0.05) is 11.5 Å². The minimum atomic E-state index is -0.523. The van der Waals surface area contributed by atoms with Gasteiger partial charge in [0.25, 0.3) is 5.69 Å². The molecule has 0 spiro atoms. The van der Waals surface area contributed by atoms with E-state index in [0.29, 0.717) is 16.5 Å². The van der Waals surface area contributed by atoms with Crippen LogP contribution < -0.4 is 4.90 Å². The number of epoxide rings is 1. The molecule has 2 aromatic carbocycles. The summed E-state index contributed by atoms with van der Waals surface area (Å²) < 4.78 is 11.3. The van der Waals surface area contributed by atoms with E-state index < -0.39 is 16.8 Å². The molecule has 4 fully saturated rings. The number of amides is 2. The van der Waals surface area contributed by atoms with Crippen molar-refractivity contribution in [1.29, 1.82) is 0 Å². The molecule has 2 bridgehead atoms. The number of benzene rings is 2. The second kappa shape index (κ2) is 4.46. The van der Waals surface area contributed by atoms with E-state index in [-0.39, 0.29) is 41.9 Å². The molecule has 8 heteroatoms. The van der Waals surface area contributed by atoms with Gasteiger partial charge in [0.05, 0.1) is 40.0 Å². The molecule has 2 unspecified atom stereocenters. The maximum atomic E-state index is 13.0.